The van der Waals surface area contributed by atoms with Crippen LogP contribution in [0.25, 0.3) is 0 Å². The zero-order chi connectivity index (χ0) is 20.1. The fourth-order valence-electron chi connectivity index (χ4n) is 2.60. The lowest BCUT2D eigenvalue weighted by molar-refractivity contribution is -0.116. The van der Waals surface area contributed by atoms with Crippen molar-refractivity contribution in [3.8, 4) is 0 Å². The van der Waals surface area contributed by atoms with Crippen molar-refractivity contribution in [2.24, 2.45) is 0 Å². The molecular formula is C18H20F3N3O3. The van der Waals surface area contributed by atoms with E-state index in [4.69, 9.17) is 4.52 Å². The molecule has 0 saturated carbocycles. The Balaban J connectivity index is 2.18. The minimum atomic E-state index is -1.68. The van der Waals surface area contributed by atoms with Gasteiger partial charge < -0.3 is 14.7 Å². The van der Waals surface area contributed by atoms with Gasteiger partial charge >= 0.3 is 0 Å². The highest BCUT2D eigenvalue weighted by atomic mass is 19.2. The normalized spacial score (nSPS) is 10.7. The summed E-state index contributed by atoms with van der Waals surface area (Å²) in [5, 5.41) is 5.98. The Bertz CT molecular complexity index is 852. The molecule has 0 atom stereocenters. The monoisotopic (exact) mass is 383 g/mol. The second kappa shape index (κ2) is 8.70. The van der Waals surface area contributed by atoms with Crippen molar-refractivity contribution in [3.05, 3.63) is 46.6 Å². The molecule has 146 valence electrons. The molecule has 1 aromatic heterocycles. The van der Waals surface area contributed by atoms with Crippen molar-refractivity contribution in [1.29, 1.82) is 0 Å². The maximum absolute atomic E-state index is 13.7. The Morgan fingerprint density at radius 2 is 1.89 bits per heavy atom. The number of nitrogens with one attached hydrogen (secondary N) is 1. The predicted molar refractivity (Wildman–Crippen MR) is 91.8 cm³/mol. The van der Waals surface area contributed by atoms with Crippen molar-refractivity contribution < 1.29 is 27.3 Å². The molecule has 2 amide bonds. The molecule has 0 saturated heterocycles. The lowest BCUT2D eigenvalue weighted by Crippen LogP contribution is -2.39. The van der Waals surface area contributed by atoms with E-state index in [-0.39, 0.29) is 18.7 Å². The Kier molecular flexibility index (Phi) is 6.59. The number of amides is 2. The maximum atomic E-state index is 13.7. The van der Waals surface area contributed by atoms with Crippen LogP contribution < -0.4 is 5.32 Å². The molecule has 9 heteroatoms. The van der Waals surface area contributed by atoms with Crippen LogP contribution in [0.3, 0.4) is 0 Å². The largest absolute Gasteiger partial charge is 0.361 e. The summed E-state index contributed by atoms with van der Waals surface area (Å²) < 4.78 is 45.0. The fourth-order valence-corrected chi connectivity index (χ4v) is 2.60. The highest BCUT2D eigenvalue weighted by Gasteiger charge is 2.26. The highest BCUT2D eigenvalue weighted by Crippen LogP contribution is 2.20. The van der Waals surface area contributed by atoms with Crippen molar-refractivity contribution in [2.75, 3.05) is 18.4 Å². The Morgan fingerprint density at radius 3 is 2.52 bits per heavy atom. The second-order valence-electron chi connectivity index (χ2n) is 5.91. The van der Waals surface area contributed by atoms with Gasteiger partial charge in [0.15, 0.2) is 17.5 Å². The molecule has 27 heavy (non-hydrogen) atoms. The molecule has 1 aromatic carbocycles. The van der Waals surface area contributed by atoms with E-state index in [1.165, 1.54) is 4.90 Å². The minimum Gasteiger partial charge on any atom is -0.361 e. The number of benzene rings is 1. The molecule has 0 aliphatic rings. The average Bonchev–Trinajstić information content (AvgIpc) is 3.02. The molecule has 0 unspecified atom stereocenters. The van der Waals surface area contributed by atoms with Crippen LogP contribution in [0.2, 0.25) is 0 Å². The third-order valence-electron chi connectivity index (χ3n) is 3.91. The number of aromatic nitrogens is 1. The lowest BCUT2D eigenvalue weighted by Gasteiger charge is -2.21. The van der Waals surface area contributed by atoms with Crippen LogP contribution in [-0.2, 0) is 11.2 Å². The van der Waals surface area contributed by atoms with Gasteiger partial charge in [-0.15, -0.1) is 0 Å². The lowest BCUT2D eigenvalue weighted by atomic mass is 10.1. The quantitative estimate of drug-likeness (QED) is 0.743. The molecule has 2 aromatic rings. The first-order valence-corrected chi connectivity index (χ1v) is 8.47. The van der Waals surface area contributed by atoms with E-state index in [1.54, 1.807) is 6.92 Å². The van der Waals surface area contributed by atoms with Crippen LogP contribution in [0, 0.1) is 24.4 Å². The van der Waals surface area contributed by atoms with Gasteiger partial charge in [-0.25, -0.2) is 13.2 Å². The number of rotatable bonds is 7. The third-order valence-corrected chi connectivity index (χ3v) is 3.91. The molecule has 0 aliphatic heterocycles. The van der Waals surface area contributed by atoms with Gasteiger partial charge in [0, 0.05) is 6.54 Å². The molecule has 0 spiro atoms. The zero-order valence-corrected chi connectivity index (χ0v) is 15.2. The van der Waals surface area contributed by atoms with Gasteiger partial charge in [0.25, 0.3) is 5.91 Å². The molecule has 6 nitrogen and oxygen atoms in total. The summed E-state index contributed by atoms with van der Waals surface area (Å²) in [6.45, 7) is 5.12. The van der Waals surface area contributed by atoms with Crippen molar-refractivity contribution in [1.82, 2.24) is 10.1 Å². The summed E-state index contributed by atoms with van der Waals surface area (Å²) >= 11 is 0. The molecule has 0 aliphatic carbocycles. The van der Waals surface area contributed by atoms with Crippen LogP contribution in [-0.4, -0.2) is 35.0 Å². The minimum absolute atomic E-state index is 0.264. The summed E-state index contributed by atoms with van der Waals surface area (Å²) in [5.74, 6) is -5.38. The van der Waals surface area contributed by atoms with E-state index in [0.717, 1.165) is 6.07 Å². The number of hydrogen-bond donors (Lipinski definition) is 1. The maximum Gasteiger partial charge on any atom is 0.259 e. The fraction of sp³-hybridized carbons (Fsp3) is 0.389. The van der Waals surface area contributed by atoms with Crippen LogP contribution in [0.15, 0.2) is 16.7 Å². The molecule has 1 N–H and O–H groups in total. The number of aryl methyl sites for hydroxylation is 2. The highest BCUT2D eigenvalue weighted by molar-refractivity contribution is 6.00. The molecule has 2 rings (SSSR count). The first-order chi connectivity index (χ1) is 12.8. The number of halogens is 3. The van der Waals surface area contributed by atoms with Crippen molar-refractivity contribution >= 4 is 17.5 Å². The van der Waals surface area contributed by atoms with Crippen molar-refractivity contribution in [3.63, 3.8) is 0 Å². The topological polar surface area (TPSA) is 75.4 Å². The number of carbonyl (C=O) groups excluding carboxylic acids is 2. The van der Waals surface area contributed by atoms with Gasteiger partial charge in [0.2, 0.25) is 5.91 Å². The summed E-state index contributed by atoms with van der Waals surface area (Å²) in [6.07, 6.45) is 1.05. The number of hydrogen-bond acceptors (Lipinski definition) is 4. The number of carbonyl (C=O) groups is 2. The van der Waals surface area contributed by atoms with Gasteiger partial charge in [0.05, 0.1) is 11.4 Å². The second-order valence-corrected chi connectivity index (χ2v) is 5.91. The van der Waals surface area contributed by atoms with E-state index >= 15 is 0 Å². The standard InChI is InChI=1S/C18H20F3N3O3/c1-4-8-24(18(26)15-10(3)27-23-12(15)5-2)9-14(25)22-13-7-6-11(19)16(20)17(13)21/h6-7H,4-5,8-9H2,1-3H3,(H,22,25). The smallest absolute Gasteiger partial charge is 0.259 e. The Hall–Kier alpha value is -2.84. The van der Waals surface area contributed by atoms with E-state index in [2.05, 4.69) is 10.5 Å². The SMILES string of the molecule is CCCN(CC(=O)Nc1ccc(F)c(F)c1F)C(=O)c1c(CC)noc1C. The molecular weight excluding hydrogens is 363 g/mol. The van der Waals surface area contributed by atoms with Crippen LogP contribution in [0.1, 0.15) is 42.1 Å². The Morgan fingerprint density at radius 1 is 1.19 bits per heavy atom. The van der Waals surface area contributed by atoms with E-state index in [0.29, 0.717) is 30.4 Å². The van der Waals surface area contributed by atoms with Gasteiger partial charge in [-0.2, -0.15) is 0 Å². The summed E-state index contributed by atoms with van der Waals surface area (Å²) in [4.78, 5) is 26.3. The molecule has 1 heterocycles. The molecule has 0 fully saturated rings. The molecule has 0 bridgehead atoms. The van der Waals surface area contributed by atoms with Gasteiger partial charge in [0.1, 0.15) is 17.9 Å². The van der Waals surface area contributed by atoms with Crippen LogP contribution in [0.4, 0.5) is 18.9 Å². The first-order valence-electron chi connectivity index (χ1n) is 8.47. The van der Waals surface area contributed by atoms with E-state index in [1.807, 2.05) is 13.8 Å². The number of anilines is 1. The van der Waals surface area contributed by atoms with E-state index < -0.39 is 35.0 Å². The van der Waals surface area contributed by atoms with Gasteiger partial charge in [-0.1, -0.05) is 19.0 Å². The van der Waals surface area contributed by atoms with Crippen molar-refractivity contribution in [2.45, 2.75) is 33.6 Å². The zero-order valence-electron chi connectivity index (χ0n) is 15.2. The average molecular weight is 383 g/mol. The van der Waals surface area contributed by atoms with Gasteiger partial charge in [-0.3, -0.25) is 9.59 Å². The summed E-state index contributed by atoms with van der Waals surface area (Å²) in [6, 6.07) is 1.62. The predicted octanol–water partition coefficient (Wildman–Crippen LogP) is 3.45. The number of nitrogens with zero attached hydrogens (tertiary/aromatic N) is 2. The summed E-state index contributed by atoms with van der Waals surface area (Å²) in [7, 11) is 0. The summed E-state index contributed by atoms with van der Waals surface area (Å²) in [5.41, 5.74) is 0.265. The van der Waals surface area contributed by atoms with E-state index in [9.17, 15) is 22.8 Å². The van der Waals surface area contributed by atoms with Crippen LogP contribution >= 0.6 is 0 Å². The first kappa shape index (κ1) is 20.5. The third kappa shape index (κ3) is 4.47. The molecule has 0 radical (unpaired) electrons. The van der Waals surface area contributed by atoms with Crippen LogP contribution in [0.5, 0.6) is 0 Å². The Labute approximate surface area is 154 Å². The van der Waals surface area contributed by atoms with Gasteiger partial charge in [-0.05, 0) is 31.9 Å².